The van der Waals surface area contributed by atoms with Crippen molar-refractivity contribution in [2.24, 2.45) is 0 Å². The Labute approximate surface area is 106 Å². The number of nitrogens with one attached hydrogen (secondary N) is 2. The maximum absolute atomic E-state index is 13.5. The molecule has 1 saturated heterocycles. The molecule has 18 heavy (non-hydrogen) atoms. The summed E-state index contributed by atoms with van der Waals surface area (Å²) < 4.78 is 18.9. The van der Waals surface area contributed by atoms with Crippen molar-refractivity contribution in [3.63, 3.8) is 0 Å². The van der Waals surface area contributed by atoms with Crippen LogP contribution in [-0.4, -0.2) is 32.2 Å². The zero-order valence-corrected chi connectivity index (χ0v) is 10.3. The first-order chi connectivity index (χ1) is 8.72. The lowest BCUT2D eigenvalue weighted by atomic mass is 10.1. The molecule has 1 aliphatic rings. The second-order valence-corrected chi connectivity index (χ2v) is 4.26. The standard InChI is InChI=1S/C13H17FN2O2/c1-15-12-10(5-2-6-11(12)14)13(17)16-8-9-4-3-7-18-9/h2,5-6,9,15H,3-4,7-8H2,1H3,(H,16,17). The first kappa shape index (κ1) is 12.8. The van der Waals surface area contributed by atoms with Crippen molar-refractivity contribution in [1.29, 1.82) is 0 Å². The van der Waals surface area contributed by atoms with Crippen LogP contribution < -0.4 is 10.6 Å². The minimum absolute atomic E-state index is 0.0838. The molecule has 1 aliphatic heterocycles. The van der Waals surface area contributed by atoms with Gasteiger partial charge >= 0.3 is 0 Å². The summed E-state index contributed by atoms with van der Waals surface area (Å²) in [6, 6.07) is 4.44. The van der Waals surface area contributed by atoms with Crippen LogP contribution >= 0.6 is 0 Å². The van der Waals surface area contributed by atoms with Gasteiger partial charge in [-0.05, 0) is 25.0 Å². The van der Waals surface area contributed by atoms with E-state index in [4.69, 9.17) is 4.74 Å². The van der Waals surface area contributed by atoms with Gasteiger partial charge in [0, 0.05) is 20.2 Å². The van der Waals surface area contributed by atoms with E-state index in [0.29, 0.717) is 12.1 Å². The highest BCUT2D eigenvalue weighted by molar-refractivity contribution is 5.99. The van der Waals surface area contributed by atoms with E-state index in [1.165, 1.54) is 12.1 Å². The fourth-order valence-corrected chi connectivity index (χ4v) is 2.07. The van der Waals surface area contributed by atoms with Crippen LogP contribution in [0.25, 0.3) is 0 Å². The first-order valence-corrected chi connectivity index (χ1v) is 6.08. The van der Waals surface area contributed by atoms with E-state index in [1.54, 1.807) is 13.1 Å². The highest BCUT2D eigenvalue weighted by Crippen LogP contribution is 2.19. The number of ether oxygens (including phenoxy) is 1. The quantitative estimate of drug-likeness (QED) is 0.858. The van der Waals surface area contributed by atoms with Crippen LogP contribution in [0.3, 0.4) is 0 Å². The van der Waals surface area contributed by atoms with Crippen molar-refractivity contribution in [3.8, 4) is 0 Å². The van der Waals surface area contributed by atoms with Crippen LogP contribution in [-0.2, 0) is 4.74 Å². The largest absolute Gasteiger partial charge is 0.385 e. The van der Waals surface area contributed by atoms with Gasteiger partial charge in [-0.15, -0.1) is 0 Å². The van der Waals surface area contributed by atoms with Gasteiger partial charge in [0.1, 0.15) is 5.82 Å². The molecule has 0 aliphatic carbocycles. The van der Waals surface area contributed by atoms with Gasteiger partial charge < -0.3 is 15.4 Å². The van der Waals surface area contributed by atoms with Crippen molar-refractivity contribution in [2.45, 2.75) is 18.9 Å². The Balaban J connectivity index is 2.01. The first-order valence-electron chi connectivity index (χ1n) is 6.08. The zero-order valence-electron chi connectivity index (χ0n) is 10.3. The van der Waals surface area contributed by atoms with Crippen molar-refractivity contribution in [3.05, 3.63) is 29.6 Å². The summed E-state index contributed by atoms with van der Waals surface area (Å²) in [5.74, 6) is -0.711. The Morgan fingerprint density at radius 2 is 2.39 bits per heavy atom. The van der Waals surface area contributed by atoms with Crippen molar-refractivity contribution in [2.75, 3.05) is 25.5 Å². The van der Waals surface area contributed by atoms with Gasteiger partial charge in [-0.3, -0.25) is 4.79 Å². The van der Waals surface area contributed by atoms with E-state index < -0.39 is 5.82 Å². The summed E-state index contributed by atoms with van der Waals surface area (Å²) in [7, 11) is 1.59. The molecule has 0 spiro atoms. The molecule has 1 unspecified atom stereocenters. The average Bonchev–Trinajstić information content (AvgIpc) is 2.88. The summed E-state index contributed by atoms with van der Waals surface area (Å²) in [6.07, 6.45) is 2.07. The molecule has 0 radical (unpaired) electrons. The second-order valence-electron chi connectivity index (χ2n) is 4.26. The number of amides is 1. The summed E-state index contributed by atoms with van der Waals surface area (Å²) in [6.45, 7) is 1.22. The fourth-order valence-electron chi connectivity index (χ4n) is 2.07. The molecule has 0 saturated carbocycles. The third-order valence-electron chi connectivity index (χ3n) is 3.02. The number of benzene rings is 1. The van der Waals surface area contributed by atoms with E-state index in [-0.39, 0.29) is 17.7 Å². The third-order valence-corrected chi connectivity index (χ3v) is 3.02. The van der Waals surface area contributed by atoms with Crippen LogP contribution in [0.1, 0.15) is 23.2 Å². The lowest BCUT2D eigenvalue weighted by Crippen LogP contribution is -2.32. The van der Waals surface area contributed by atoms with Crippen LogP contribution in [0.2, 0.25) is 0 Å². The van der Waals surface area contributed by atoms with Crippen LogP contribution in [0, 0.1) is 5.82 Å². The molecule has 1 fully saturated rings. The Hall–Kier alpha value is -1.62. The van der Waals surface area contributed by atoms with Gasteiger partial charge in [0.2, 0.25) is 0 Å². The predicted molar refractivity (Wildman–Crippen MR) is 67.3 cm³/mol. The van der Waals surface area contributed by atoms with E-state index in [1.807, 2.05) is 0 Å². The molecule has 1 atom stereocenters. The van der Waals surface area contributed by atoms with E-state index in [2.05, 4.69) is 10.6 Å². The Morgan fingerprint density at radius 1 is 1.56 bits per heavy atom. The zero-order chi connectivity index (χ0) is 13.0. The van der Waals surface area contributed by atoms with Crippen LogP contribution in [0.15, 0.2) is 18.2 Å². The molecule has 0 bridgehead atoms. The summed E-state index contributed by atoms with van der Waals surface area (Å²) in [4.78, 5) is 12.0. The molecule has 1 aromatic rings. The lowest BCUT2D eigenvalue weighted by Gasteiger charge is -2.13. The topological polar surface area (TPSA) is 50.4 Å². The van der Waals surface area contributed by atoms with Gasteiger partial charge in [0.05, 0.1) is 17.4 Å². The number of carbonyl (C=O) groups excluding carboxylic acids is 1. The minimum Gasteiger partial charge on any atom is -0.385 e. The molecule has 5 heteroatoms. The number of para-hydroxylation sites is 1. The van der Waals surface area contributed by atoms with Gasteiger partial charge in [0.25, 0.3) is 5.91 Å². The van der Waals surface area contributed by atoms with E-state index in [0.717, 1.165) is 19.4 Å². The smallest absolute Gasteiger partial charge is 0.253 e. The Bertz CT molecular complexity index is 431. The summed E-state index contributed by atoms with van der Waals surface area (Å²) in [5.41, 5.74) is 0.540. The maximum Gasteiger partial charge on any atom is 0.253 e. The van der Waals surface area contributed by atoms with Crippen molar-refractivity contribution in [1.82, 2.24) is 5.32 Å². The molecule has 2 N–H and O–H groups in total. The van der Waals surface area contributed by atoms with Crippen molar-refractivity contribution >= 4 is 11.6 Å². The molecule has 0 aromatic heterocycles. The highest BCUT2D eigenvalue weighted by Gasteiger charge is 2.18. The second kappa shape index (κ2) is 5.82. The molecular formula is C13H17FN2O2. The minimum atomic E-state index is -0.428. The molecule has 2 rings (SSSR count). The van der Waals surface area contributed by atoms with Gasteiger partial charge in [-0.1, -0.05) is 6.07 Å². The van der Waals surface area contributed by atoms with Gasteiger partial charge in [0.15, 0.2) is 0 Å². The molecule has 4 nitrogen and oxygen atoms in total. The number of rotatable bonds is 4. The molecular weight excluding hydrogens is 235 g/mol. The monoisotopic (exact) mass is 252 g/mol. The highest BCUT2D eigenvalue weighted by atomic mass is 19.1. The molecule has 1 amide bonds. The number of carbonyl (C=O) groups is 1. The Morgan fingerprint density at radius 3 is 3.06 bits per heavy atom. The molecule has 98 valence electrons. The molecule has 1 heterocycles. The fraction of sp³-hybridized carbons (Fsp3) is 0.462. The van der Waals surface area contributed by atoms with Crippen molar-refractivity contribution < 1.29 is 13.9 Å². The summed E-state index contributed by atoms with van der Waals surface area (Å²) in [5, 5.41) is 5.48. The van der Waals surface area contributed by atoms with Gasteiger partial charge in [-0.2, -0.15) is 0 Å². The summed E-state index contributed by atoms with van der Waals surface area (Å²) >= 11 is 0. The van der Waals surface area contributed by atoms with E-state index in [9.17, 15) is 9.18 Å². The number of halogens is 1. The van der Waals surface area contributed by atoms with Crippen LogP contribution in [0.4, 0.5) is 10.1 Å². The molecule has 1 aromatic carbocycles. The number of hydrogen-bond donors (Lipinski definition) is 2. The SMILES string of the molecule is CNc1c(F)cccc1C(=O)NCC1CCCO1. The maximum atomic E-state index is 13.5. The number of anilines is 1. The lowest BCUT2D eigenvalue weighted by molar-refractivity contribution is 0.0858. The predicted octanol–water partition coefficient (Wildman–Crippen LogP) is 1.78. The van der Waals surface area contributed by atoms with E-state index >= 15 is 0 Å². The normalized spacial score (nSPS) is 18.7. The van der Waals surface area contributed by atoms with Gasteiger partial charge in [-0.25, -0.2) is 4.39 Å². The number of hydrogen-bond acceptors (Lipinski definition) is 3. The van der Waals surface area contributed by atoms with Crippen LogP contribution in [0.5, 0.6) is 0 Å². The average molecular weight is 252 g/mol. The Kier molecular flexibility index (Phi) is 4.15. The third kappa shape index (κ3) is 2.79.